The Morgan fingerprint density at radius 1 is 0.636 bits per heavy atom. The van der Waals surface area contributed by atoms with Gasteiger partial charge in [0.05, 0.1) is 4.90 Å². The van der Waals surface area contributed by atoms with Crippen molar-refractivity contribution in [2.75, 3.05) is 5.84 Å². The molecule has 2 aromatic heterocycles. The standard InChI is InChI=1S/C9H13NO3S.C9H12O3S.C5H7N2.C5H5N.2C2H6/c1-6-4-7(2)9(8(3)5-6)14(11,12)13-10;1-6-4-7(2)9(8(3)5-6)13(10,11)12;6-7-4-2-1-3-5-7;1-2-4-6-5-3-1;2*1-2/h4-5H,10H2,1-3H3;4-5H,1-3H3,(H,10,11,12);1-5H,6H2;1-5H;2*1-2H3/q;;+1;;;. The number of nitrogens with zero attached hydrogens (tertiary/aromatic N) is 2. The quantitative estimate of drug-likeness (QED) is 0.106. The van der Waals surface area contributed by atoms with E-state index in [1.54, 1.807) is 76.7 Å². The van der Waals surface area contributed by atoms with E-state index in [4.69, 9.17) is 16.3 Å². The topological polar surface area (TPSA) is 167 Å². The molecule has 244 valence electrons. The van der Waals surface area contributed by atoms with Gasteiger partial charge in [-0.2, -0.15) is 27.0 Å². The Bertz CT molecular complexity index is 1510. The average Bonchev–Trinajstić information content (AvgIpc) is 2.95. The maximum Gasteiger partial charge on any atom is 0.313 e. The van der Waals surface area contributed by atoms with Crippen LogP contribution in [0.1, 0.15) is 61.1 Å². The van der Waals surface area contributed by atoms with Crippen molar-refractivity contribution < 1.29 is 30.3 Å². The minimum Gasteiger partial charge on any atom is -0.282 e. The van der Waals surface area contributed by atoms with Gasteiger partial charge in [0, 0.05) is 24.5 Å². The normalized spacial score (nSPS) is 9.91. The lowest BCUT2D eigenvalue weighted by Gasteiger charge is -2.09. The van der Waals surface area contributed by atoms with E-state index in [-0.39, 0.29) is 9.79 Å². The van der Waals surface area contributed by atoms with E-state index < -0.39 is 20.2 Å². The smallest absolute Gasteiger partial charge is 0.282 e. The number of hydrogen-bond acceptors (Lipinski definition) is 8. The fourth-order valence-corrected chi connectivity index (χ4v) is 5.84. The van der Waals surface area contributed by atoms with Crippen LogP contribution in [0.15, 0.2) is 95.2 Å². The molecule has 0 saturated carbocycles. The minimum absolute atomic E-state index is 0.0260. The van der Waals surface area contributed by atoms with Crippen molar-refractivity contribution >= 4 is 20.2 Å². The number of nitrogen functional groups attached to an aromatic ring is 1. The molecule has 0 aliphatic rings. The number of hydrogen-bond donors (Lipinski definition) is 3. The van der Waals surface area contributed by atoms with Gasteiger partial charge in [0.25, 0.3) is 10.1 Å². The van der Waals surface area contributed by atoms with Gasteiger partial charge in [-0.3, -0.25) is 9.54 Å². The van der Waals surface area contributed by atoms with Gasteiger partial charge < -0.3 is 0 Å². The van der Waals surface area contributed by atoms with Crippen molar-refractivity contribution in [1.82, 2.24) is 4.98 Å². The minimum atomic E-state index is -4.08. The first-order valence-electron chi connectivity index (χ1n) is 13.9. The molecule has 0 fully saturated rings. The second kappa shape index (κ2) is 21.9. The van der Waals surface area contributed by atoms with Crippen molar-refractivity contribution in [1.29, 1.82) is 0 Å². The summed E-state index contributed by atoms with van der Waals surface area (Å²) in [6.07, 6.45) is 7.06. The van der Waals surface area contributed by atoms with Crippen LogP contribution in [0.25, 0.3) is 0 Å². The van der Waals surface area contributed by atoms with Gasteiger partial charge in [0.1, 0.15) is 4.90 Å². The van der Waals surface area contributed by atoms with Crippen LogP contribution in [0.5, 0.6) is 0 Å². The summed E-state index contributed by atoms with van der Waals surface area (Å²) in [6, 6.07) is 18.4. The molecule has 5 N–H and O–H groups in total. The highest BCUT2D eigenvalue weighted by atomic mass is 32.2. The first-order chi connectivity index (χ1) is 20.6. The molecule has 4 aromatic rings. The zero-order valence-electron chi connectivity index (χ0n) is 27.4. The van der Waals surface area contributed by atoms with E-state index in [1.807, 2.05) is 77.9 Å². The van der Waals surface area contributed by atoms with Crippen molar-refractivity contribution in [2.24, 2.45) is 5.90 Å². The van der Waals surface area contributed by atoms with Crippen LogP contribution in [0.4, 0.5) is 0 Å². The molecule has 0 amide bonds. The van der Waals surface area contributed by atoms with E-state index in [2.05, 4.69) is 9.27 Å². The van der Waals surface area contributed by atoms with Crippen LogP contribution in [0.3, 0.4) is 0 Å². The third kappa shape index (κ3) is 16.2. The van der Waals surface area contributed by atoms with Gasteiger partial charge in [0.2, 0.25) is 0 Å². The Morgan fingerprint density at radius 3 is 1.20 bits per heavy atom. The SMILES string of the molecule is CC.CC.Cc1cc(C)c(S(=O)(=O)O)c(C)c1.Cc1cc(C)c(S(=O)(=O)ON)c(C)c1.N[n+]1ccccc1.c1ccncc1. The largest absolute Gasteiger partial charge is 0.313 e. The van der Waals surface area contributed by atoms with Crippen molar-refractivity contribution in [2.45, 2.75) is 79.0 Å². The summed E-state index contributed by atoms with van der Waals surface area (Å²) < 4.78 is 59.1. The molecule has 0 aliphatic carbocycles. The van der Waals surface area contributed by atoms with E-state index in [9.17, 15) is 16.8 Å². The molecule has 4 rings (SSSR count). The number of benzene rings is 2. The summed E-state index contributed by atoms with van der Waals surface area (Å²) in [5.41, 5.74) is 4.46. The Balaban J connectivity index is 0. The van der Waals surface area contributed by atoms with E-state index in [0.29, 0.717) is 22.3 Å². The monoisotopic (exact) mass is 649 g/mol. The molecule has 0 radical (unpaired) electrons. The molecular weight excluding hydrogens is 601 g/mol. The molecule has 0 unspecified atom stereocenters. The Kier molecular flexibility index (Phi) is 21.2. The lowest BCUT2D eigenvalue weighted by atomic mass is 10.1. The number of pyridine rings is 2. The average molecular weight is 650 g/mol. The van der Waals surface area contributed by atoms with Crippen LogP contribution in [-0.2, 0) is 24.5 Å². The number of aromatic nitrogens is 2. The molecule has 0 spiro atoms. The fourth-order valence-electron chi connectivity index (χ4n) is 3.91. The van der Waals surface area contributed by atoms with Crippen LogP contribution < -0.4 is 16.4 Å². The van der Waals surface area contributed by atoms with Gasteiger partial charge >= 0.3 is 10.1 Å². The molecule has 0 aliphatic heterocycles. The van der Waals surface area contributed by atoms with Crippen molar-refractivity contribution in [3.63, 3.8) is 0 Å². The first kappa shape index (κ1) is 42.5. The number of nitrogens with two attached hydrogens (primary N) is 2. The highest BCUT2D eigenvalue weighted by Gasteiger charge is 2.19. The molecule has 0 atom stereocenters. The van der Waals surface area contributed by atoms with Crippen molar-refractivity contribution in [3.8, 4) is 0 Å². The van der Waals surface area contributed by atoms with E-state index in [1.165, 1.54) is 4.68 Å². The lowest BCUT2D eigenvalue weighted by molar-refractivity contribution is -0.638. The molecular formula is C32H49N4O6S2+. The molecule has 2 heterocycles. The maximum absolute atomic E-state index is 11.4. The third-order valence-corrected chi connectivity index (χ3v) is 7.71. The summed E-state index contributed by atoms with van der Waals surface area (Å²) in [7, 11) is -7.88. The zero-order chi connectivity index (χ0) is 34.5. The zero-order valence-corrected chi connectivity index (χ0v) is 29.1. The Hall–Kier alpha value is -3.68. The molecule has 2 aromatic carbocycles. The second-order valence-corrected chi connectivity index (χ2v) is 11.7. The van der Waals surface area contributed by atoms with Gasteiger partial charge in [-0.1, -0.05) is 79.9 Å². The Labute approximate surface area is 264 Å². The molecule has 0 bridgehead atoms. The number of aryl methyl sites for hydroxylation is 6. The summed E-state index contributed by atoms with van der Waals surface area (Å²) >= 11 is 0. The molecule has 12 heteroatoms. The molecule has 10 nitrogen and oxygen atoms in total. The summed E-state index contributed by atoms with van der Waals surface area (Å²) in [4.78, 5) is 3.97. The number of rotatable bonds is 3. The first-order valence-corrected chi connectivity index (χ1v) is 16.8. The summed E-state index contributed by atoms with van der Waals surface area (Å²) in [6.45, 7) is 18.6. The van der Waals surface area contributed by atoms with Gasteiger partial charge in [-0.15, -0.1) is 0 Å². The van der Waals surface area contributed by atoms with Crippen molar-refractivity contribution in [3.05, 3.63) is 119 Å². The van der Waals surface area contributed by atoms with E-state index in [0.717, 1.165) is 11.1 Å². The summed E-state index contributed by atoms with van der Waals surface area (Å²) in [5, 5.41) is 0. The van der Waals surface area contributed by atoms with E-state index >= 15 is 0 Å². The Morgan fingerprint density at radius 2 is 0.977 bits per heavy atom. The second-order valence-electron chi connectivity index (χ2n) is 8.83. The van der Waals surface area contributed by atoms with Gasteiger partial charge in [0.15, 0.2) is 12.4 Å². The summed E-state index contributed by atoms with van der Waals surface area (Å²) in [5.74, 6) is 10.0. The van der Waals surface area contributed by atoms with Crippen LogP contribution in [0, 0.1) is 41.5 Å². The predicted molar refractivity (Wildman–Crippen MR) is 177 cm³/mol. The molecule has 0 saturated heterocycles. The van der Waals surface area contributed by atoms with Gasteiger partial charge in [-0.25, -0.2) is 5.84 Å². The van der Waals surface area contributed by atoms with Gasteiger partial charge in [-0.05, 0) is 75.9 Å². The van der Waals surface area contributed by atoms with Crippen LogP contribution >= 0.6 is 0 Å². The highest BCUT2D eigenvalue weighted by molar-refractivity contribution is 7.86. The lowest BCUT2D eigenvalue weighted by Crippen LogP contribution is -2.42. The molecule has 44 heavy (non-hydrogen) atoms. The highest BCUT2D eigenvalue weighted by Crippen LogP contribution is 2.22. The maximum atomic E-state index is 11.4. The third-order valence-electron chi connectivity index (χ3n) is 5.15. The predicted octanol–water partition coefficient (Wildman–Crippen LogP) is 5.87. The fraction of sp³-hybridized carbons (Fsp3) is 0.312. The van der Waals surface area contributed by atoms with Crippen LogP contribution in [-0.4, -0.2) is 26.4 Å². The van der Waals surface area contributed by atoms with Crippen LogP contribution in [0.2, 0.25) is 0 Å².